The SMILES string of the molecule is CC(C)OCC(NN)c1cnccc1C(F)(F)F. The number of hydrogen-bond donors (Lipinski definition) is 2. The van der Waals surface area contributed by atoms with Gasteiger partial charge in [0.25, 0.3) is 0 Å². The molecule has 1 atom stereocenters. The molecule has 0 spiro atoms. The molecular formula is C11H16F3N3O. The van der Waals surface area contributed by atoms with Crippen LogP contribution in [0.2, 0.25) is 0 Å². The topological polar surface area (TPSA) is 60.2 Å². The maximum absolute atomic E-state index is 12.8. The second-order valence-electron chi connectivity index (χ2n) is 4.06. The van der Waals surface area contributed by atoms with Crippen LogP contribution in [0.4, 0.5) is 13.2 Å². The number of nitrogens with one attached hydrogen (secondary N) is 1. The highest BCUT2D eigenvalue weighted by atomic mass is 19.4. The summed E-state index contributed by atoms with van der Waals surface area (Å²) in [5, 5.41) is 0. The summed E-state index contributed by atoms with van der Waals surface area (Å²) in [5.41, 5.74) is 1.54. The average Bonchev–Trinajstić information content (AvgIpc) is 2.29. The third kappa shape index (κ3) is 3.94. The van der Waals surface area contributed by atoms with Gasteiger partial charge in [-0.2, -0.15) is 13.2 Å². The minimum absolute atomic E-state index is 0.0202. The Morgan fingerprint density at radius 2 is 2.11 bits per heavy atom. The van der Waals surface area contributed by atoms with Gasteiger partial charge in [-0.3, -0.25) is 16.3 Å². The highest BCUT2D eigenvalue weighted by molar-refractivity contribution is 5.29. The molecule has 1 unspecified atom stereocenters. The summed E-state index contributed by atoms with van der Waals surface area (Å²) >= 11 is 0. The Bertz CT molecular complexity index is 382. The van der Waals surface area contributed by atoms with E-state index in [9.17, 15) is 13.2 Å². The molecule has 102 valence electrons. The van der Waals surface area contributed by atoms with Gasteiger partial charge in [0.15, 0.2) is 0 Å². The van der Waals surface area contributed by atoms with E-state index in [1.54, 1.807) is 13.8 Å². The van der Waals surface area contributed by atoms with E-state index in [4.69, 9.17) is 10.6 Å². The van der Waals surface area contributed by atoms with E-state index in [0.717, 1.165) is 18.5 Å². The van der Waals surface area contributed by atoms with E-state index in [-0.39, 0.29) is 18.3 Å². The van der Waals surface area contributed by atoms with E-state index >= 15 is 0 Å². The lowest BCUT2D eigenvalue weighted by molar-refractivity contribution is -0.138. The van der Waals surface area contributed by atoms with Crippen LogP contribution in [0, 0.1) is 0 Å². The maximum Gasteiger partial charge on any atom is 0.416 e. The van der Waals surface area contributed by atoms with Crippen LogP contribution in [0.1, 0.15) is 31.0 Å². The zero-order chi connectivity index (χ0) is 13.8. The zero-order valence-corrected chi connectivity index (χ0v) is 10.2. The van der Waals surface area contributed by atoms with Crippen LogP contribution in [-0.4, -0.2) is 17.7 Å². The highest BCUT2D eigenvalue weighted by Crippen LogP contribution is 2.33. The first kappa shape index (κ1) is 14.9. The van der Waals surface area contributed by atoms with Crippen molar-refractivity contribution < 1.29 is 17.9 Å². The van der Waals surface area contributed by atoms with Crippen LogP contribution >= 0.6 is 0 Å². The summed E-state index contributed by atoms with van der Waals surface area (Å²) in [6, 6.07) is 0.174. The van der Waals surface area contributed by atoms with Gasteiger partial charge in [-0.25, -0.2) is 0 Å². The van der Waals surface area contributed by atoms with Gasteiger partial charge in [0, 0.05) is 18.0 Å². The van der Waals surface area contributed by atoms with E-state index in [1.807, 2.05) is 0 Å². The second-order valence-corrected chi connectivity index (χ2v) is 4.06. The van der Waals surface area contributed by atoms with E-state index in [2.05, 4.69) is 10.4 Å². The fourth-order valence-corrected chi connectivity index (χ4v) is 1.46. The Kier molecular flexibility index (Phi) is 5.06. The van der Waals surface area contributed by atoms with Gasteiger partial charge in [-0.15, -0.1) is 0 Å². The van der Waals surface area contributed by atoms with E-state index in [1.165, 1.54) is 0 Å². The Hall–Kier alpha value is -1.18. The number of ether oxygens (including phenoxy) is 1. The van der Waals surface area contributed by atoms with Crippen molar-refractivity contribution in [1.29, 1.82) is 0 Å². The predicted octanol–water partition coefficient (Wildman–Crippen LogP) is 2.03. The van der Waals surface area contributed by atoms with Crippen molar-refractivity contribution in [1.82, 2.24) is 10.4 Å². The molecule has 0 saturated heterocycles. The number of hydrogen-bond acceptors (Lipinski definition) is 4. The Morgan fingerprint density at radius 1 is 1.44 bits per heavy atom. The van der Waals surface area contributed by atoms with Crippen LogP contribution in [0.25, 0.3) is 0 Å². The lowest BCUT2D eigenvalue weighted by atomic mass is 10.0. The molecule has 0 aromatic carbocycles. The van der Waals surface area contributed by atoms with Crippen molar-refractivity contribution in [2.45, 2.75) is 32.2 Å². The molecule has 7 heteroatoms. The molecule has 1 heterocycles. The number of rotatable bonds is 5. The minimum atomic E-state index is -4.44. The fourth-order valence-electron chi connectivity index (χ4n) is 1.46. The highest BCUT2D eigenvalue weighted by Gasteiger charge is 2.35. The van der Waals surface area contributed by atoms with Crippen LogP contribution in [0.15, 0.2) is 18.5 Å². The number of aromatic nitrogens is 1. The van der Waals surface area contributed by atoms with Gasteiger partial charge in [0.2, 0.25) is 0 Å². The summed E-state index contributed by atoms with van der Waals surface area (Å²) in [6.45, 7) is 3.63. The van der Waals surface area contributed by atoms with Crippen molar-refractivity contribution in [2.24, 2.45) is 5.84 Å². The first-order chi connectivity index (χ1) is 8.36. The molecule has 18 heavy (non-hydrogen) atoms. The van der Waals surface area contributed by atoms with E-state index < -0.39 is 17.8 Å². The molecule has 0 fully saturated rings. The average molecular weight is 263 g/mol. The second kappa shape index (κ2) is 6.12. The van der Waals surface area contributed by atoms with Crippen molar-refractivity contribution >= 4 is 0 Å². The number of nitrogens with two attached hydrogens (primary N) is 1. The third-order valence-electron chi connectivity index (χ3n) is 2.33. The van der Waals surface area contributed by atoms with E-state index in [0.29, 0.717) is 0 Å². The number of pyridine rings is 1. The van der Waals surface area contributed by atoms with Crippen LogP contribution in [0.5, 0.6) is 0 Å². The molecule has 3 N–H and O–H groups in total. The first-order valence-corrected chi connectivity index (χ1v) is 5.45. The van der Waals surface area contributed by atoms with Crippen LogP contribution in [0.3, 0.4) is 0 Å². The van der Waals surface area contributed by atoms with Gasteiger partial charge in [0.1, 0.15) is 0 Å². The standard InChI is InChI=1S/C11H16F3N3O/c1-7(2)18-6-10(17-15)8-5-16-4-3-9(8)11(12,13)14/h3-5,7,10,17H,6,15H2,1-2H3. The number of alkyl halides is 3. The molecule has 0 aliphatic carbocycles. The number of hydrazine groups is 1. The van der Waals surface area contributed by atoms with Crippen molar-refractivity contribution in [3.8, 4) is 0 Å². The van der Waals surface area contributed by atoms with Crippen LogP contribution in [-0.2, 0) is 10.9 Å². The molecule has 1 aromatic rings. The Morgan fingerprint density at radius 3 is 2.61 bits per heavy atom. The predicted molar refractivity (Wildman–Crippen MR) is 60.4 cm³/mol. The molecule has 0 aliphatic rings. The fraction of sp³-hybridized carbons (Fsp3) is 0.545. The Balaban J connectivity index is 2.98. The van der Waals surface area contributed by atoms with Crippen molar-refractivity contribution in [2.75, 3.05) is 6.61 Å². The molecular weight excluding hydrogens is 247 g/mol. The lowest BCUT2D eigenvalue weighted by Crippen LogP contribution is -2.33. The quantitative estimate of drug-likeness (QED) is 0.630. The summed E-state index contributed by atoms with van der Waals surface area (Å²) in [4.78, 5) is 3.70. The monoisotopic (exact) mass is 263 g/mol. The molecule has 1 rings (SSSR count). The molecule has 0 saturated carbocycles. The first-order valence-electron chi connectivity index (χ1n) is 5.45. The Labute approximate surface area is 103 Å². The van der Waals surface area contributed by atoms with Gasteiger partial charge < -0.3 is 4.74 Å². The summed E-state index contributed by atoms with van der Waals surface area (Å²) in [6.07, 6.45) is -2.28. The number of halogens is 3. The zero-order valence-electron chi connectivity index (χ0n) is 10.2. The third-order valence-corrected chi connectivity index (χ3v) is 2.33. The summed E-state index contributed by atoms with van der Waals surface area (Å²) in [5.74, 6) is 5.28. The molecule has 0 aliphatic heterocycles. The minimum Gasteiger partial charge on any atom is -0.377 e. The van der Waals surface area contributed by atoms with Gasteiger partial charge in [-0.05, 0) is 19.9 Å². The largest absolute Gasteiger partial charge is 0.416 e. The number of nitrogens with zero attached hydrogens (tertiary/aromatic N) is 1. The molecule has 0 radical (unpaired) electrons. The molecule has 4 nitrogen and oxygen atoms in total. The smallest absolute Gasteiger partial charge is 0.377 e. The summed E-state index contributed by atoms with van der Waals surface area (Å²) in [7, 11) is 0. The lowest BCUT2D eigenvalue weighted by Gasteiger charge is -2.21. The summed E-state index contributed by atoms with van der Waals surface area (Å²) < 4.78 is 43.7. The molecule has 0 amide bonds. The van der Waals surface area contributed by atoms with Crippen molar-refractivity contribution in [3.05, 3.63) is 29.6 Å². The van der Waals surface area contributed by atoms with Gasteiger partial charge in [0.05, 0.1) is 24.3 Å². The molecule has 0 bridgehead atoms. The molecule has 1 aromatic heterocycles. The van der Waals surface area contributed by atoms with Crippen LogP contribution < -0.4 is 11.3 Å². The van der Waals surface area contributed by atoms with Crippen molar-refractivity contribution in [3.63, 3.8) is 0 Å². The normalized spacial score (nSPS) is 13.9. The maximum atomic E-state index is 12.8. The van der Waals surface area contributed by atoms with Gasteiger partial charge in [-0.1, -0.05) is 0 Å². The van der Waals surface area contributed by atoms with Gasteiger partial charge >= 0.3 is 6.18 Å².